The number of hydrogen-bond acceptors (Lipinski definition) is 3. The van der Waals surface area contributed by atoms with Crippen LogP contribution in [0.1, 0.15) is 72.6 Å². The first-order valence-electron chi connectivity index (χ1n) is 8.98. The van der Waals surface area contributed by atoms with E-state index < -0.39 is 17.5 Å². The zero-order chi connectivity index (χ0) is 18.1. The van der Waals surface area contributed by atoms with E-state index in [9.17, 15) is 14.4 Å². The standard InChI is InChI=1S/C21H30O3/c1-5-6-7-11-17-14-19(22)18(21(24)20(17)23)13-12-16(4)10-8-9-15(2)3/h9,12,14,18H,5-8,10-11,13H2,1-4H3. The molecule has 0 spiro atoms. The Morgan fingerprint density at radius 3 is 2.42 bits per heavy atom. The summed E-state index contributed by atoms with van der Waals surface area (Å²) in [7, 11) is 0. The molecule has 132 valence electrons. The highest BCUT2D eigenvalue weighted by Gasteiger charge is 2.35. The van der Waals surface area contributed by atoms with Gasteiger partial charge in [0.05, 0.1) is 5.92 Å². The van der Waals surface area contributed by atoms with Gasteiger partial charge in [0.15, 0.2) is 5.78 Å². The lowest BCUT2D eigenvalue weighted by atomic mass is 9.82. The van der Waals surface area contributed by atoms with E-state index >= 15 is 0 Å². The second-order valence-electron chi connectivity index (χ2n) is 6.88. The van der Waals surface area contributed by atoms with Crippen molar-refractivity contribution in [3.63, 3.8) is 0 Å². The molecule has 1 aliphatic carbocycles. The second-order valence-corrected chi connectivity index (χ2v) is 6.88. The Hall–Kier alpha value is -1.77. The minimum absolute atomic E-state index is 0.209. The van der Waals surface area contributed by atoms with Crippen LogP contribution in [0.5, 0.6) is 0 Å². The second kappa shape index (κ2) is 10.2. The number of unbranched alkanes of at least 4 members (excludes halogenated alkanes) is 2. The molecule has 0 heterocycles. The van der Waals surface area contributed by atoms with Crippen molar-refractivity contribution in [3.8, 4) is 0 Å². The van der Waals surface area contributed by atoms with E-state index in [0.717, 1.165) is 37.7 Å². The van der Waals surface area contributed by atoms with Gasteiger partial charge in [0, 0.05) is 5.57 Å². The van der Waals surface area contributed by atoms with Crippen molar-refractivity contribution in [2.24, 2.45) is 5.92 Å². The van der Waals surface area contributed by atoms with Gasteiger partial charge >= 0.3 is 0 Å². The molecule has 0 aromatic carbocycles. The average Bonchev–Trinajstić information content (AvgIpc) is 2.51. The summed E-state index contributed by atoms with van der Waals surface area (Å²) in [6, 6.07) is 0. The molecule has 0 radical (unpaired) electrons. The highest BCUT2D eigenvalue weighted by atomic mass is 16.2. The minimum Gasteiger partial charge on any atom is -0.294 e. The van der Waals surface area contributed by atoms with Gasteiger partial charge < -0.3 is 0 Å². The average molecular weight is 330 g/mol. The third-order valence-corrected chi connectivity index (χ3v) is 4.33. The molecule has 0 fully saturated rings. The number of carbonyl (C=O) groups excluding carboxylic acids is 3. The van der Waals surface area contributed by atoms with Crippen molar-refractivity contribution in [2.45, 2.75) is 72.6 Å². The summed E-state index contributed by atoms with van der Waals surface area (Å²) >= 11 is 0. The van der Waals surface area contributed by atoms with Gasteiger partial charge in [-0.3, -0.25) is 14.4 Å². The fourth-order valence-corrected chi connectivity index (χ4v) is 2.77. The number of carbonyl (C=O) groups is 3. The lowest BCUT2D eigenvalue weighted by molar-refractivity contribution is -0.141. The molecule has 0 bridgehead atoms. The molecule has 1 aliphatic rings. The van der Waals surface area contributed by atoms with Gasteiger partial charge in [-0.15, -0.1) is 0 Å². The fourth-order valence-electron chi connectivity index (χ4n) is 2.77. The summed E-state index contributed by atoms with van der Waals surface area (Å²) < 4.78 is 0. The van der Waals surface area contributed by atoms with E-state index in [-0.39, 0.29) is 5.78 Å². The summed E-state index contributed by atoms with van der Waals surface area (Å²) in [5, 5.41) is 0. The Morgan fingerprint density at radius 2 is 1.79 bits per heavy atom. The maximum Gasteiger partial charge on any atom is 0.225 e. The van der Waals surface area contributed by atoms with Crippen molar-refractivity contribution < 1.29 is 14.4 Å². The molecule has 0 aliphatic heterocycles. The summed E-state index contributed by atoms with van der Waals surface area (Å²) in [4.78, 5) is 36.6. The lowest BCUT2D eigenvalue weighted by Gasteiger charge is -2.17. The molecule has 0 aromatic heterocycles. The molecule has 3 nitrogen and oxygen atoms in total. The van der Waals surface area contributed by atoms with Crippen LogP contribution in [0, 0.1) is 5.92 Å². The molecule has 0 N–H and O–H groups in total. The van der Waals surface area contributed by atoms with Crippen LogP contribution >= 0.6 is 0 Å². The van der Waals surface area contributed by atoms with Crippen molar-refractivity contribution in [1.29, 1.82) is 0 Å². The first-order valence-corrected chi connectivity index (χ1v) is 8.98. The largest absolute Gasteiger partial charge is 0.294 e. The Kier molecular flexibility index (Phi) is 8.59. The minimum atomic E-state index is -0.814. The molecule has 3 heteroatoms. The van der Waals surface area contributed by atoms with E-state index in [4.69, 9.17) is 0 Å². The van der Waals surface area contributed by atoms with Crippen LogP contribution in [0.3, 0.4) is 0 Å². The Balaban J connectivity index is 2.66. The van der Waals surface area contributed by atoms with Gasteiger partial charge in [-0.1, -0.05) is 43.1 Å². The van der Waals surface area contributed by atoms with Crippen LogP contribution in [0.25, 0.3) is 0 Å². The monoisotopic (exact) mass is 330 g/mol. The lowest BCUT2D eigenvalue weighted by Crippen LogP contribution is -2.35. The van der Waals surface area contributed by atoms with E-state index in [2.05, 4.69) is 26.8 Å². The van der Waals surface area contributed by atoms with Gasteiger partial charge in [0.25, 0.3) is 0 Å². The topological polar surface area (TPSA) is 51.2 Å². The molecule has 24 heavy (non-hydrogen) atoms. The Labute approximate surface area is 145 Å². The highest BCUT2D eigenvalue weighted by molar-refractivity contribution is 6.50. The number of hydrogen-bond donors (Lipinski definition) is 0. The van der Waals surface area contributed by atoms with Crippen LogP contribution in [0.2, 0.25) is 0 Å². The SMILES string of the molecule is CCCCCC1=CC(=O)C(CC=C(C)CCC=C(C)C)C(=O)C1=O. The predicted octanol–water partition coefficient (Wildman–Crippen LogP) is 4.91. The zero-order valence-electron chi connectivity index (χ0n) is 15.5. The number of Topliss-reactive ketones (excluding diaryl/α,β-unsaturated/α-hetero) is 2. The van der Waals surface area contributed by atoms with Gasteiger partial charge in [-0.2, -0.15) is 0 Å². The van der Waals surface area contributed by atoms with Gasteiger partial charge in [-0.05, 0) is 59.0 Å². The summed E-state index contributed by atoms with van der Waals surface area (Å²) in [5.41, 5.74) is 2.84. The van der Waals surface area contributed by atoms with E-state index in [0.29, 0.717) is 18.4 Å². The van der Waals surface area contributed by atoms with E-state index in [1.165, 1.54) is 11.6 Å². The molecule has 1 atom stereocenters. The molecule has 0 saturated heterocycles. The maximum absolute atomic E-state index is 12.2. The first kappa shape index (κ1) is 20.3. The Morgan fingerprint density at radius 1 is 1.08 bits per heavy atom. The smallest absolute Gasteiger partial charge is 0.225 e. The summed E-state index contributed by atoms with van der Waals surface area (Å²) in [6.45, 7) is 8.21. The molecule has 1 rings (SSSR count). The van der Waals surface area contributed by atoms with Crippen molar-refractivity contribution in [3.05, 3.63) is 34.9 Å². The van der Waals surface area contributed by atoms with Crippen LogP contribution in [0.15, 0.2) is 34.9 Å². The predicted molar refractivity (Wildman–Crippen MR) is 97.8 cm³/mol. The van der Waals surface area contributed by atoms with E-state index in [1.807, 2.05) is 13.0 Å². The Bertz CT molecular complexity index is 572. The van der Waals surface area contributed by atoms with Gasteiger partial charge in [0.2, 0.25) is 11.6 Å². The number of ketones is 3. The summed E-state index contributed by atoms with van der Waals surface area (Å²) in [6.07, 6.45) is 11.2. The van der Waals surface area contributed by atoms with Crippen molar-refractivity contribution >= 4 is 17.3 Å². The summed E-state index contributed by atoms with van der Waals surface area (Å²) in [5.74, 6) is -2.00. The molecular weight excluding hydrogens is 300 g/mol. The van der Waals surface area contributed by atoms with Crippen LogP contribution in [0.4, 0.5) is 0 Å². The van der Waals surface area contributed by atoms with E-state index in [1.54, 1.807) is 0 Å². The van der Waals surface area contributed by atoms with Crippen LogP contribution < -0.4 is 0 Å². The molecule has 1 unspecified atom stereocenters. The zero-order valence-corrected chi connectivity index (χ0v) is 15.5. The van der Waals surface area contributed by atoms with Gasteiger partial charge in [-0.25, -0.2) is 0 Å². The van der Waals surface area contributed by atoms with Crippen molar-refractivity contribution in [1.82, 2.24) is 0 Å². The third-order valence-electron chi connectivity index (χ3n) is 4.33. The number of allylic oxidation sites excluding steroid dienone is 6. The first-order chi connectivity index (χ1) is 11.4. The maximum atomic E-state index is 12.2. The molecule has 0 aromatic rings. The fraction of sp³-hybridized carbons (Fsp3) is 0.571. The quantitative estimate of drug-likeness (QED) is 0.261. The normalized spacial score (nSPS) is 18.7. The van der Waals surface area contributed by atoms with Crippen LogP contribution in [-0.4, -0.2) is 17.3 Å². The number of rotatable bonds is 9. The van der Waals surface area contributed by atoms with Crippen LogP contribution in [-0.2, 0) is 14.4 Å². The molecular formula is C21H30O3. The highest BCUT2D eigenvalue weighted by Crippen LogP contribution is 2.23. The van der Waals surface area contributed by atoms with Gasteiger partial charge in [0.1, 0.15) is 0 Å². The third kappa shape index (κ3) is 6.38. The molecule has 0 saturated carbocycles. The van der Waals surface area contributed by atoms with Crippen molar-refractivity contribution in [2.75, 3.05) is 0 Å². The molecule has 0 amide bonds.